The van der Waals surface area contributed by atoms with Crippen molar-refractivity contribution < 1.29 is 157 Å². The number of hydrogen-bond donors (Lipinski definition) is 2. The van der Waals surface area contributed by atoms with Gasteiger partial charge in [0.15, 0.2) is 48.6 Å². The number of rotatable bonds is 29. The van der Waals surface area contributed by atoms with E-state index >= 15 is 0 Å². The molecule has 4 unspecified atom stereocenters. The smallest absolute Gasteiger partial charge is 0.460 e. The van der Waals surface area contributed by atoms with Crippen molar-refractivity contribution >= 4 is 65.8 Å². The fourth-order valence-corrected chi connectivity index (χ4v) is 7.41. The molecule has 1 fully saturated rings. The van der Waals surface area contributed by atoms with Crippen molar-refractivity contribution in [3.05, 3.63) is 40.6 Å². The summed E-state index contributed by atoms with van der Waals surface area (Å²) in [5, 5.41) is 17.3. The Morgan fingerprint density at radius 3 is 1.56 bits per heavy atom. The fraction of sp³-hybridized carbons (Fsp3) is 0.653. The molecule has 0 bridgehead atoms. The number of nitrogens with zero attached hydrogens (tertiary/aromatic N) is 1. The molecule has 24 nitrogen and oxygen atoms in total. The number of halogens is 13. The monoisotopic (exact) mass is 1270 g/mol. The molecule has 1 aromatic rings. The Balaban J connectivity index is 2.55. The summed E-state index contributed by atoms with van der Waals surface area (Å²) in [5.41, 5.74) is -1.66. The van der Waals surface area contributed by atoms with Crippen LogP contribution in [-0.2, 0) is 102 Å². The van der Waals surface area contributed by atoms with Crippen LogP contribution in [0.3, 0.4) is 0 Å². The number of carbonyl (C=O) groups excluding carboxylic acids is 10. The van der Waals surface area contributed by atoms with Gasteiger partial charge in [-0.3, -0.25) is 47.9 Å². The van der Waals surface area contributed by atoms with Gasteiger partial charge >= 0.3 is 83.5 Å². The summed E-state index contributed by atoms with van der Waals surface area (Å²) in [6, 6.07) is 4.94. The van der Waals surface area contributed by atoms with E-state index in [-0.39, 0.29) is 15.9 Å². The molecule has 1 aliphatic rings. The quantitative estimate of drug-likeness (QED) is 0.0212. The highest BCUT2D eigenvalue weighted by atomic mass is 19.4. The molecule has 1 heterocycles. The number of hydroxylamine groups is 1. The number of amides is 2. The van der Waals surface area contributed by atoms with Gasteiger partial charge < -0.3 is 63.2 Å². The standard InChI is InChI=1S/C49H58F13N3O21/c1-22(66)77-19-32(79-24(3)68)36(86-42-40(84-29(8)73)38(82-27(6)71)35(80-25(4)69)33(85-42)20-78-23(2)67)37(81-26(5)70)39(83-28(7)72)41(75)63-17-30-11-13-31(14-12-30)18-65(76)43(9,10)21-64-34(74)15-16-44(50,51)45(52,53)46(54,55)47(56,57)48(58,59)49(60,61)62/h11-14,18,32-33,35-40,42H,15-17,19-21H2,1-10H3,(H,63,75)(H,64,74)/b65-18-/t32?,33?,35-,36-,37-,38-,39?,40?,42-/m0/s1. The molecule has 9 atom stereocenters. The minimum atomic E-state index is -8.13. The van der Waals surface area contributed by atoms with Crippen molar-refractivity contribution in [2.24, 2.45) is 0 Å². The lowest BCUT2D eigenvalue weighted by Gasteiger charge is -2.46. The van der Waals surface area contributed by atoms with E-state index in [0.29, 0.717) is 0 Å². The number of hydrogen-bond acceptors (Lipinski definition) is 21. The van der Waals surface area contributed by atoms with Crippen LogP contribution >= 0.6 is 0 Å². The molecule has 0 aliphatic carbocycles. The summed E-state index contributed by atoms with van der Waals surface area (Å²) in [4.78, 5) is 127. The first-order chi connectivity index (χ1) is 39.1. The number of esters is 8. The Hall–Kier alpha value is -7.60. The molecular weight excluding hydrogens is 1210 g/mol. The maximum Gasteiger partial charge on any atom is 0.460 e. The van der Waals surface area contributed by atoms with Gasteiger partial charge in [-0.05, 0) is 17.7 Å². The second kappa shape index (κ2) is 29.7. The lowest BCUT2D eigenvalue weighted by atomic mass is 9.92. The Bertz CT molecular complexity index is 2660. The van der Waals surface area contributed by atoms with Gasteiger partial charge in [0.25, 0.3) is 5.91 Å². The lowest BCUT2D eigenvalue weighted by Crippen LogP contribution is -2.70. The maximum atomic E-state index is 14.3. The van der Waals surface area contributed by atoms with Crippen molar-refractivity contribution in [3.8, 4) is 0 Å². The Kier molecular flexibility index (Phi) is 25.7. The highest BCUT2D eigenvalue weighted by Crippen LogP contribution is 2.61. The highest BCUT2D eigenvalue weighted by molar-refractivity contribution is 5.85. The van der Waals surface area contributed by atoms with E-state index in [9.17, 15) is 110 Å². The second-order valence-electron chi connectivity index (χ2n) is 19.2. The lowest BCUT2D eigenvalue weighted by molar-refractivity contribution is -0.533. The summed E-state index contributed by atoms with van der Waals surface area (Å²) >= 11 is 0. The van der Waals surface area contributed by atoms with Gasteiger partial charge in [-0.15, -0.1) is 0 Å². The summed E-state index contributed by atoms with van der Waals surface area (Å²) < 4.78 is 230. The molecule has 1 aliphatic heterocycles. The molecule has 0 aromatic heterocycles. The van der Waals surface area contributed by atoms with E-state index in [2.05, 4.69) is 5.32 Å². The van der Waals surface area contributed by atoms with Crippen LogP contribution in [0.15, 0.2) is 24.3 Å². The summed E-state index contributed by atoms with van der Waals surface area (Å²) in [5.74, 6) is -50.3. The van der Waals surface area contributed by atoms with Crippen molar-refractivity contribution in [2.75, 3.05) is 19.8 Å². The highest BCUT2D eigenvalue weighted by Gasteiger charge is 2.90. The van der Waals surface area contributed by atoms with Gasteiger partial charge in [0, 0.05) is 94.2 Å². The first-order valence-electron chi connectivity index (χ1n) is 24.6. The number of carbonyl (C=O) groups is 10. The zero-order valence-corrected chi connectivity index (χ0v) is 46.8. The SMILES string of the molecule is CC(=O)OCC(OC(C)=O)[C@H](O[C@@H]1OC(COC(C)=O)[C@H](OC(C)=O)[C@H](OC(C)=O)C1OC(C)=O)[C@H](OC(C)=O)C(OC(C)=O)C(=O)NCc1ccc(/C=[N+](\[O-])C(C)(C)CNC(=O)CCC(F)(F)C(F)(F)C(F)(F)C(F)(F)C(F)(F)C(F)(F)F)cc1. The van der Waals surface area contributed by atoms with Crippen LogP contribution in [-0.4, -0.2) is 187 Å². The third-order valence-electron chi connectivity index (χ3n) is 11.5. The third kappa shape index (κ3) is 19.7. The van der Waals surface area contributed by atoms with Crippen molar-refractivity contribution in [1.29, 1.82) is 0 Å². The van der Waals surface area contributed by atoms with E-state index in [1.807, 2.05) is 0 Å². The maximum absolute atomic E-state index is 14.3. The zero-order chi connectivity index (χ0) is 66.5. The minimum absolute atomic E-state index is 0.0179. The van der Waals surface area contributed by atoms with Crippen LogP contribution in [0.2, 0.25) is 0 Å². The minimum Gasteiger partial charge on any atom is -0.623 e. The van der Waals surface area contributed by atoms with Crippen LogP contribution in [0.25, 0.3) is 0 Å². The third-order valence-corrected chi connectivity index (χ3v) is 11.5. The normalized spacial score (nSPS) is 19.4. The molecule has 2 N–H and O–H groups in total. The first-order valence-corrected chi connectivity index (χ1v) is 24.6. The van der Waals surface area contributed by atoms with Gasteiger partial charge in [0.05, 0.1) is 6.54 Å². The molecule has 37 heteroatoms. The van der Waals surface area contributed by atoms with Crippen LogP contribution in [0, 0.1) is 5.21 Å². The first kappa shape index (κ1) is 74.5. The van der Waals surface area contributed by atoms with Crippen LogP contribution in [0.5, 0.6) is 0 Å². The molecule has 2 amide bonds. The second-order valence-corrected chi connectivity index (χ2v) is 19.2. The molecule has 1 saturated heterocycles. The average Bonchev–Trinajstić information content (AvgIpc) is 0.733. The molecule has 486 valence electrons. The molecule has 0 saturated carbocycles. The number of benzene rings is 1. The largest absolute Gasteiger partial charge is 0.623 e. The van der Waals surface area contributed by atoms with E-state index in [1.165, 1.54) is 24.3 Å². The Morgan fingerprint density at radius 1 is 0.593 bits per heavy atom. The predicted octanol–water partition coefficient (Wildman–Crippen LogP) is 4.47. The van der Waals surface area contributed by atoms with Crippen molar-refractivity contribution in [2.45, 2.75) is 185 Å². The summed E-state index contributed by atoms with van der Waals surface area (Å²) in [6.45, 7) is 5.81. The molecule has 1 aromatic carbocycles. The van der Waals surface area contributed by atoms with E-state index in [0.717, 1.165) is 75.5 Å². The van der Waals surface area contributed by atoms with Crippen LogP contribution in [0.4, 0.5) is 57.1 Å². The fourth-order valence-electron chi connectivity index (χ4n) is 7.41. The summed E-state index contributed by atoms with van der Waals surface area (Å²) in [6.07, 6.45) is -30.3. The Labute approximate surface area is 478 Å². The topological polar surface area (TPSA) is 313 Å². The van der Waals surface area contributed by atoms with Gasteiger partial charge in [-0.2, -0.15) is 57.1 Å². The van der Waals surface area contributed by atoms with E-state index in [4.69, 9.17) is 47.4 Å². The number of alkyl halides is 13. The number of nitrogens with one attached hydrogen (secondary N) is 2. The van der Waals surface area contributed by atoms with Gasteiger partial charge in [0.1, 0.15) is 25.4 Å². The van der Waals surface area contributed by atoms with E-state index in [1.54, 1.807) is 5.32 Å². The van der Waals surface area contributed by atoms with Crippen LogP contribution in [0.1, 0.15) is 93.2 Å². The summed E-state index contributed by atoms with van der Waals surface area (Å²) in [7, 11) is 0. The zero-order valence-electron chi connectivity index (χ0n) is 46.8. The molecule has 0 radical (unpaired) electrons. The molecule has 2 rings (SSSR count). The predicted molar refractivity (Wildman–Crippen MR) is 254 cm³/mol. The van der Waals surface area contributed by atoms with Gasteiger partial charge in [-0.1, -0.05) is 12.1 Å². The molecule has 86 heavy (non-hydrogen) atoms. The molecular formula is C49H58F13N3O21. The van der Waals surface area contributed by atoms with Gasteiger partial charge in [0.2, 0.25) is 12.0 Å². The van der Waals surface area contributed by atoms with E-state index < -0.39 is 195 Å². The average molecular weight is 1270 g/mol. The number of ether oxygens (including phenoxy) is 10. The van der Waals surface area contributed by atoms with Crippen molar-refractivity contribution in [3.63, 3.8) is 0 Å². The van der Waals surface area contributed by atoms with Gasteiger partial charge in [-0.25, -0.2) is 4.74 Å². The van der Waals surface area contributed by atoms with Crippen LogP contribution < -0.4 is 10.6 Å². The molecule has 0 spiro atoms. The Morgan fingerprint density at radius 2 is 1.08 bits per heavy atom. The van der Waals surface area contributed by atoms with Crippen molar-refractivity contribution in [1.82, 2.24) is 10.6 Å².